The van der Waals surface area contributed by atoms with Crippen LogP contribution in [0.1, 0.15) is 39.5 Å². The van der Waals surface area contributed by atoms with E-state index >= 15 is 0 Å². The van der Waals surface area contributed by atoms with E-state index in [0.717, 1.165) is 11.5 Å². The van der Waals surface area contributed by atoms with Crippen LogP contribution in [0.25, 0.3) is 0 Å². The van der Waals surface area contributed by atoms with Crippen molar-refractivity contribution in [2.45, 2.75) is 39.5 Å². The van der Waals surface area contributed by atoms with Gasteiger partial charge in [-0.15, -0.1) is 0 Å². The SMILES string of the molecule is CC1(C)CCCCC1C(=Nc1ccccc1)NN. The van der Waals surface area contributed by atoms with Crippen LogP contribution < -0.4 is 11.3 Å². The van der Waals surface area contributed by atoms with Gasteiger partial charge < -0.3 is 5.43 Å². The molecule has 1 aliphatic carbocycles. The Labute approximate surface area is 109 Å². The minimum atomic E-state index is 0.276. The van der Waals surface area contributed by atoms with Gasteiger partial charge in [0.15, 0.2) is 0 Å². The van der Waals surface area contributed by atoms with Crippen LogP contribution in [0, 0.1) is 11.3 Å². The van der Waals surface area contributed by atoms with Gasteiger partial charge in [0.2, 0.25) is 0 Å². The fourth-order valence-corrected chi connectivity index (χ4v) is 2.85. The molecule has 98 valence electrons. The maximum absolute atomic E-state index is 5.69. The molecule has 3 N–H and O–H groups in total. The molecule has 0 amide bonds. The Morgan fingerprint density at radius 3 is 2.61 bits per heavy atom. The number of para-hydroxylation sites is 1. The lowest BCUT2D eigenvalue weighted by Gasteiger charge is -2.38. The lowest BCUT2D eigenvalue weighted by molar-refractivity contribution is 0.189. The molecule has 0 radical (unpaired) electrons. The molecular formula is C15H23N3. The Morgan fingerprint density at radius 2 is 2.00 bits per heavy atom. The van der Waals surface area contributed by atoms with E-state index in [1.807, 2.05) is 30.3 Å². The molecular weight excluding hydrogens is 222 g/mol. The molecule has 1 aromatic rings. The molecule has 1 unspecified atom stereocenters. The molecule has 0 saturated heterocycles. The minimum absolute atomic E-state index is 0.276. The number of amidine groups is 1. The topological polar surface area (TPSA) is 50.4 Å². The maximum atomic E-state index is 5.69. The van der Waals surface area contributed by atoms with Gasteiger partial charge in [-0.3, -0.25) is 0 Å². The Bertz CT molecular complexity index is 409. The molecule has 0 spiro atoms. The van der Waals surface area contributed by atoms with E-state index < -0.39 is 0 Å². The van der Waals surface area contributed by atoms with Crippen molar-refractivity contribution in [3.8, 4) is 0 Å². The number of hydrogen-bond donors (Lipinski definition) is 2. The summed E-state index contributed by atoms with van der Waals surface area (Å²) in [6, 6.07) is 10.0. The van der Waals surface area contributed by atoms with Crippen molar-refractivity contribution < 1.29 is 0 Å². The van der Waals surface area contributed by atoms with Crippen LogP contribution >= 0.6 is 0 Å². The van der Waals surface area contributed by atoms with E-state index in [1.54, 1.807) is 0 Å². The third kappa shape index (κ3) is 2.91. The van der Waals surface area contributed by atoms with E-state index in [9.17, 15) is 0 Å². The summed E-state index contributed by atoms with van der Waals surface area (Å²) in [5.41, 5.74) is 4.07. The highest BCUT2D eigenvalue weighted by molar-refractivity contribution is 5.87. The van der Waals surface area contributed by atoms with Crippen molar-refractivity contribution >= 4 is 11.5 Å². The summed E-state index contributed by atoms with van der Waals surface area (Å²) in [6.45, 7) is 4.63. The first-order chi connectivity index (χ1) is 8.63. The van der Waals surface area contributed by atoms with Gasteiger partial charge in [-0.05, 0) is 30.4 Å². The van der Waals surface area contributed by atoms with Gasteiger partial charge in [0, 0.05) is 5.92 Å². The molecule has 0 bridgehead atoms. The van der Waals surface area contributed by atoms with Gasteiger partial charge in [0.25, 0.3) is 0 Å². The average Bonchev–Trinajstić information content (AvgIpc) is 2.37. The van der Waals surface area contributed by atoms with Crippen LogP contribution in [0.4, 0.5) is 5.69 Å². The maximum Gasteiger partial charge on any atom is 0.120 e. The van der Waals surface area contributed by atoms with Crippen molar-refractivity contribution in [2.24, 2.45) is 22.2 Å². The summed E-state index contributed by atoms with van der Waals surface area (Å²) < 4.78 is 0. The number of nitrogens with two attached hydrogens (primary N) is 1. The molecule has 1 atom stereocenters. The highest BCUT2D eigenvalue weighted by atomic mass is 15.3. The highest BCUT2D eigenvalue weighted by Crippen LogP contribution is 2.41. The summed E-state index contributed by atoms with van der Waals surface area (Å²) in [6.07, 6.45) is 4.99. The number of hydrogen-bond acceptors (Lipinski definition) is 2. The van der Waals surface area contributed by atoms with Crippen LogP contribution in [-0.2, 0) is 0 Å². The van der Waals surface area contributed by atoms with E-state index in [-0.39, 0.29) is 5.41 Å². The zero-order chi connectivity index (χ0) is 13.0. The van der Waals surface area contributed by atoms with Crippen molar-refractivity contribution in [3.05, 3.63) is 30.3 Å². The fraction of sp³-hybridized carbons (Fsp3) is 0.533. The van der Waals surface area contributed by atoms with Crippen LogP contribution in [0.3, 0.4) is 0 Å². The molecule has 0 aromatic heterocycles. The number of rotatable bonds is 2. The van der Waals surface area contributed by atoms with Crippen molar-refractivity contribution in [1.29, 1.82) is 0 Å². The van der Waals surface area contributed by atoms with Crippen LogP contribution in [0.5, 0.6) is 0 Å². The van der Waals surface area contributed by atoms with Crippen molar-refractivity contribution in [1.82, 2.24) is 5.43 Å². The molecule has 18 heavy (non-hydrogen) atoms. The predicted octanol–water partition coefficient (Wildman–Crippen LogP) is 3.40. The van der Waals surface area contributed by atoms with Gasteiger partial charge in [-0.25, -0.2) is 10.8 Å². The first-order valence-corrected chi connectivity index (χ1v) is 6.74. The molecule has 0 aliphatic heterocycles. The Hall–Kier alpha value is -1.35. The average molecular weight is 245 g/mol. The Balaban J connectivity index is 2.25. The third-order valence-corrected chi connectivity index (χ3v) is 3.99. The molecule has 3 nitrogen and oxygen atoms in total. The number of benzene rings is 1. The van der Waals surface area contributed by atoms with Gasteiger partial charge in [-0.1, -0.05) is 44.9 Å². The molecule has 0 heterocycles. The number of aliphatic imine (C=N–C) groups is 1. The first-order valence-electron chi connectivity index (χ1n) is 6.74. The zero-order valence-corrected chi connectivity index (χ0v) is 11.3. The lowest BCUT2D eigenvalue weighted by atomic mass is 9.68. The second kappa shape index (κ2) is 5.53. The third-order valence-electron chi connectivity index (χ3n) is 3.99. The zero-order valence-electron chi connectivity index (χ0n) is 11.3. The first kappa shape index (κ1) is 13.1. The summed E-state index contributed by atoms with van der Waals surface area (Å²) in [7, 11) is 0. The van der Waals surface area contributed by atoms with Crippen LogP contribution in [0.15, 0.2) is 35.3 Å². The second-order valence-corrected chi connectivity index (χ2v) is 5.76. The fourth-order valence-electron chi connectivity index (χ4n) is 2.85. The smallest absolute Gasteiger partial charge is 0.120 e. The van der Waals surface area contributed by atoms with Gasteiger partial charge in [0.05, 0.1) is 5.69 Å². The standard InChI is InChI=1S/C15H23N3/c1-15(2)11-7-6-10-13(15)14(18-16)17-12-8-4-3-5-9-12/h3-5,8-9,13H,6-7,10-11,16H2,1-2H3,(H,17,18). The quantitative estimate of drug-likeness (QED) is 0.363. The summed E-state index contributed by atoms with van der Waals surface area (Å²) >= 11 is 0. The lowest BCUT2D eigenvalue weighted by Crippen LogP contribution is -2.44. The monoisotopic (exact) mass is 245 g/mol. The van der Waals surface area contributed by atoms with Crippen molar-refractivity contribution in [2.75, 3.05) is 0 Å². The molecule has 1 aliphatic rings. The summed E-state index contributed by atoms with van der Waals surface area (Å²) in [5.74, 6) is 7.04. The highest BCUT2D eigenvalue weighted by Gasteiger charge is 2.35. The summed E-state index contributed by atoms with van der Waals surface area (Å²) in [4.78, 5) is 4.68. The number of nitrogens with zero attached hydrogens (tertiary/aromatic N) is 1. The molecule has 3 heteroatoms. The summed E-state index contributed by atoms with van der Waals surface area (Å²) in [5, 5.41) is 0. The van der Waals surface area contributed by atoms with E-state index in [0.29, 0.717) is 5.92 Å². The van der Waals surface area contributed by atoms with Crippen LogP contribution in [0.2, 0.25) is 0 Å². The number of nitrogens with one attached hydrogen (secondary N) is 1. The van der Waals surface area contributed by atoms with E-state index in [1.165, 1.54) is 25.7 Å². The molecule has 2 rings (SSSR count). The minimum Gasteiger partial charge on any atom is -0.312 e. The normalized spacial score (nSPS) is 23.7. The van der Waals surface area contributed by atoms with Crippen molar-refractivity contribution in [3.63, 3.8) is 0 Å². The molecule has 1 fully saturated rings. The Kier molecular flexibility index (Phi) is 4.02. The Morgan fingerprint density at radius 1 is 1.28 bits per heavy atom. The largest absolute Gasteiger partial charge is 0.312 e. The molecule has 1 aromatic carbocycles. The van der Waals surface area contributed by atoms with Crippen LogP contribution in [-0.4, -0.2) is 5.84 Å². The molecule has 1 saturated carbocycles. The number of hydrazine groups is 1. The van der Waals surface area contributed by atoms with Gasteiger partial charge >= 0.3 is 0 Å². The van der Waals surface area contributed by atoms with E-state index in [4.69, 9.17) is 5.84 Å². The van der Waals surface area contributed by atoms with Gasteiger partial charge in [0.1, 0.15) is 5.84 Å². The predicted molar refractivity (Wildman–Crippen MR) is 76.6 cm³/mol. The van der Waals surface area contributed by atoms with Gasteiger partial charge in [-0.2, -0.15) is 0 Å². The van der Waals surface area contributed by atoms with E-state index in [2.05, 4.69) is 24.3 Å². The second-order valence-electron chi connectivity index (χ2n) is 5.76.